The van der Waals surface area contributed by atoms with E-state index in [2.05, 4.69) is 0 Å². The number of carbonyl (C=O) groups is 3. The van der Waals surface area contributed by atoms with Crippen molar-refractivity contribution in [2.75, 3.05) is 28.4 Å². The number of primary amides is 1. The number of fused-ring (bicyclic) bond motifs is 2. The second-order valence-electron chi connectivity index (χ2n) is 11.8. The molecule has 6 rings (SSSR count). The third-order valence-corrected chi connectivity index (χ3v) is 8.91. The summed E-state index contributed by atoms with van der Waals surface area (Å²) in [5.74, 6) is -1.30. The van der Waals surface area contributed by atoms with E-state index in [4.69, 9.17) is 40.4 Å². The Labute approximate surface area is 307 Å². The van der Waals surface area contributed by atoms with E-state index in [0.29, 0.717) is 27.7 Å². The molecule has 0 bridgehead atoms. The number of rotatable bonds is 11. The van der Waals surface area contributed by atoms with Crippen LogP contribution in [0.2, 0.25) is 0 Å². The summed E-state index contributed by atoms with van der Waals surface area (Å²) < 4.78 is 25.0. The van der Waals surface area contributed by atoms with E-state index >= 15 is 0 Å². The van der Waals surface area contributed by atoms with E-state index in [1.54, 1.807) is 41.0 Å². The number of nitrogens with zero attached hydrogens (tertiary/aromatic N) is 6. The van der Waals surface area contributed by atoms with E-state index in [-0.39, 0.29) is 75.1 Å². The van der Waals surface area contributed by atoms with Crippen LogP contribution in [0.15, 0.2) is 60.7 Å². The zero-order chi connectivity index (χ0) is 38.8. The smallest absolute Gasteiger partial charge is 0.338 e. The number of hydrogen-bond acceptors (Lipinski definition) is 13. The van der Waals surface area contributed by atoms with Crippen LogP contribution in [-0.2, 0) is 22.6 Å². The number of aliphatic hydroxyl groups excluding tert-OH is 1. The summed E-state index contributed by atoms with van der Waals surface area (Å²) in [6, 6.07) is 19.6. The second kappa shape index (κ2) is 14.8. The molecule has 0 aliphatic heterocycles. The van der Waals surface area contributed by atoms with Crippen molar-refractivity contribution in [2.45, 2.75) is 19.3 Å². The molecular weight excluding hydrogens is 696 g/mol. The molecule has 2 aromatic heterocycles. The molecule has 0 saturated heterocycles. The second-order valence-corrected chi connectivity index (χ2v) is 11.8. The fourth-order valence-corrected chi connectivity index (χ4v) is 6.44. The Bertz CT molecular complexity index is 2590. The number of imidazole rings is 2. The average molecular weight is 729 g/mol. The number of hydrogen-bond donors (Lipinski definition) is 3. The Morgan fingerprint density at radius 2 is 1.19 bits per heavy atom. The van der Waals surface area contributed by atoms with Crippen LogP contribution in [0.1, 0.15) is 54.0 Å². The molecule has 272 valence electrons. The maximum atomic E-state index is 13.1. The normalized spacial score (nSPS) is 11.5. The van der Waals surface area contributed by atoms with Crippen molar-refractivity contribution in [1.29, 1.82) is 10.5 Å². The third kappa shape index (κ3) is 6.17. The lowest BCUT2D eigenvalue weighted by atomic mass is 10.0. The first-order chi connectivity index (χ1) is 26.0. The molecule has 1 unspecified atom stereocenters. The van der Waals surface area contributed by atoms with Gasteiger partial charge >= 0.3 is 11.9 Å². The predicted octanol–water partition coefficient (Wildman–Crippen LogP) is 3.80. The molecule has 5 N–H and O–H groups in total. The maximum Gasteiger partial charge on any atom is 0.338 e. The summed E-state index contributed by atoms with van der Waals surface area (Å²) in [6.07, 6.45) is -1.39. The van der Waals surface area contributed by atoms with E-state index in [9.17, 15) is 30.0 Å². The molecule has 0 spiro atoms. The van der Waals surface area contributed by atoms with Gasteiger partial charge in [0.15, 0.2) is 11.5 Å². The lowest BCUT2D eigenvalue weighted by Gasteiger charge is -2.16. The standard InChI is InChI=1S/C38H32N8O8/c1-51-31-23(33(41)47)9-11-27-29(31)43-35(21-7-5-19(17-39)15-25(21)37(49)53-3)45(27)13-14-46-28-12-10-24(34(42)48)32(52-2)30(28)44-36(46)22-8-6-20(18-40)16-26(22)38(50)54-4/h5-12,15-16,33,47H,13-14,41H2,1-4H3,(H2,42,48). The molecule has 1 amide bonds. The van der Waals surface area contributed by atoms with E-state index in [1.165, 1.54) is 52.7 Å². The number of carbonyl (C=O) groups excluding carboxylic acids is 3. The van der Waals surface area contributed by atoms with Crippen molar-refractivity contribution in [3.05, 3.63) is 94.0 Å². The van der Waals surface area contributed by atoms with Gasteiger partial charge in [-0.05, 0) is 60.7 Å². The largest absolute Gasteiger partial charge is 0.494 e. The Balaban J connectivity index is 1.64. The molecule has 6 aromatic rings. The van der Waals surface area contributed by atoms with Crippen LogP contribution >= 0.6 is 0 Å². The van der Waals surface area contributed by atoms with Crippen molar-refractivity contribution in [1.82, 2.24) is 19.1 Å². The highest BCUT2D eigenvalue weighted by Crippen LogP contribution is 2.38. The van der Waals surface area contributed by atoms with Gasteiger partial charge in [0, 0.05) is 29.8 Å². The van der Waals surface area contributed by atoms with Gasteiger partial charge in [0.2, 0.25) is 0 Å². The number of esters is 2. The number of benzene rings is 4. The van der Waals surface area contributed by atoms with Crippen LogP contribution in [0, 0.1) is 22.7 Å². The van der Waals surface area contributed by atoms with Gasteiger partial charge < -0.3 is 44.7 Å². The summed E-state index contributed by atoms with van der Waals surface area (Å²) in [5.41, 5.74) is 14.7. The monoisotopic (exact) mass is 728 g/mol. The van der Waals surface area contributed by atoms with E-state index in [1.807, 2.05) is 16.7 Å². The number of methoxy groups -OCH3 is 4. The molecular formula is C38H32N8O8. The Morgan fingerprint density at radius 3 is 1.59 bits per heavy atom. The highest BCUT2D eigenvalue weighted by Gasteiger charge is 2.27. The molecule has 0 aliphatic carbocycles. The number of amides is 1. The Kier molecular flexibility index (Phi) is 9.98. The van der Waals surface area contributed by atoms with Gasteiger partial charge in [-0.1, -0.05) is 0 Å². The quantitative estimate of drug-likeness (QED) is 0.127. The van der Waals surface area contributed by atoms with Gasteiger partial charge in [0.05, 0.1) is 79.4 Å². The molecule has 54 heavy (non-hydrogen) atoms. The van der Waals surface area contributed by atoms with Crippen LogP contribution in [0.5, 0.6) is 11.5 Å². The van der Waals surface area contributed by atoms with Crippen molar-refractivity contribution in [3.8, 4) is 46.4 Å². The lowest BCUT2D eigenvalue weighted by Crippen LogP contribution is -2.14. The first kappa shape index (κ1) is 36.5. The number of aliphatic hydroxyl groups is 1. The van der Waals surface area contributed by atoms with Crippen LogP contribution in [0.4, 0.5) is 0 Å². The van der Waals surface area contributed by atoms with Crippen LogP contribution in [-0.4, -0.2) is 70.5 Å². The van der Waals surface area contributed by atoms with Crippen LogP contribution in [0.25, 0.3) is 44.8 Å². The summed E-state index contributed by atoms with van der Waals surface area (Å²) >= 11 is 0. The number of nitrogens with two attached hydrogens (primary N) is 2. The SMILES string of the molecule is COC(=O)c1cc(C#N)ccc1-c1nc2c(OC)c(C(N)=O)ccc2n1CCn1c(-c2ccc(C#N)cc2C(=O)OC)nc2c(OC)c(C(N)O)ccc21. The minimum atomic E-state index is -1.39. The van der Waals surface area contributed by atoms with Crippen molar-refractivity contribution in [3.63, 3.8) is 0 Å². The minimum absolute atomic E-state index is 0.0638. The van der Waals surface area contributed by atoms with E-state index in [0.717, 1.165) is 0 Å². The highest BCUT2D eigenvalue weighted by atomic mass is 16.5. The molecule has 0 fully saturated rings. The molecule has 0 saturated carbocycles. The van der Waals surface area contributed by atoms with Gasteiger partial charge in [0.1, 0.15) is 28.9 Å². The molecule has 0 radical (unpaired) electrons. The first-order valence-electron chi connectivity index (χ1n) is 16.1. The Morgan fingerprint density at radius 1 is 0.722 bits per heavy atom. The van der Waals surface area contributed by atoms with Gasteiger partial charge in [-0.25, -0.2) is 19.6 Å². The molecule has 16 heteroatoms. The van der Waals surface area contributed by atoms with Crippen molar-refractivity contribution in [2.24, 2.45) is 11.5 Å². The van der Waals surface area contributed by atoms with Crippen molar-refractivity contribution < 1.29 is 38.4 Å². The van der Waals surface area contributed by atoms with E-state index < -0.39 is 24.1 Å². The van der Waals surface area contributed by atoms with Gasteiger partial charge in [-0.15, -0.1) is 0 Å². The third-order valence-electron chi connectivity index (χ3n) is 8.91. The molecule has 1 atom stereocenters. The fourth-order valence-electron chi connectivity index (χ4n) is 6.44. The fraction of sp³-hybridized carbons (Fsp3) is 0.184. The molecule has 0 aliphatic rings. The average Bonchev–Trinajstić information content (AvgIpc) is 3.75. The van der Waals surface area contributed by atoms with Gasteiger partial charge in [0.25, 0.3) is 5.91 Å². The van der Waals surface area contributed by atoms with Gasteiger partial charge in [-0.2, -0.15) is 10.5 Å². The number of nitriles is 2. The summed E-state index contributed by atoms with van der Waals surface area (Å²) in [5, 5.41) is 29.6. The topological polar surface area (TPSA) is 244 Å². The summed E-state index contributed by atoms with van der Waals surface area (Å²) in [7, 11) is 5.23. The zero-order valence-corrected chi connectivity index (χ0v) is 29.4. The summed E-state index contributed by atoms with van der Waals surface area (Å²) in [6.45, 7) is 0.250. The number of ether oxygens (including phenoxy) is 4. The van der Waals surface area contributed by atoms with Crippen LogP contribution < -0.4 is 20.9 Å². The van der Waals surface area contributed by atoms with Gasteiger partial charge in [-0.3, -0.25) is 4.79 Å². The number of aryl methyl sites for hydroxylation is 2. The molecule has 4 aromatic carbocycles. The molecule has 2 heterocycles. The summed E-state index contributed by atoms with van der Waals surface area (Å²) in [4.78, 5) is 48.3. The Hall–Kier alpha value is -7.27. The van der Waals surface area contributed by atoms with Crippen molar-refractivity contribution >= 4 is 39.9 Å². The maximum absolute atomic E-state index is 13.1. The predicted molar refractivity (Wildman–Crippen MR) is 193 cm³/mol. The minimum Gasteiger partial charge on any atom is -0.494 e. The molecule has 16 nitrogen and oxygen atoms in total. The highest BCUT2D eigenvalue weighted by molar-refractivity contribution is 6.03. The first-order valence-corrected chi connectivity index (χ1v) is 16.1. The number of aromatic nitrogens is 4. The lowest BCUT2D eigenvalue weighted by molar-refractivity contribution is 0.0592. The zero-order valence-electron chi connectivity index (χ0n) is 29.4. The van der Waals surface area contributed by atoms with Crippen LogP contribution in [0.3, 0.4) is 0 Å².